The molecule has 178 valence electrons. The molecular weight excluding hydrogens is 448 g/mol. The summed E-state index contributed by atoms with van der Waals surface area (Å²) in [4.78, 5) is 15.6. The van der Waals surface area contributed by atoms with Crippen molar-refractivity contribution in [2.24, 2.45) is 5.92 Å². The lowest BCUT2D eigenvalue weighted by Gasteiger charge is -2.34. The second-order valence-electron chi connectivity index (χ2n) is 9.32. The standard InChI is InChI=1S/C26H30N4O3S/c1-18-17-22-9-7-8-12-24(22)29(18)26(31)21-13-15-28(16-14-21)34(32,33)25-19(2)27-30(20(25)3)23-10-5-4-6-11-23/h4-12,18,21H,13-17H2,1-3H3/t18-/m1/s1. The summed E-state index contributed by atoms with van der Waals surface area (Å²) in [5, 5.41) is 4.52. The van der Waals surface area contributed by atoms with Crippen LogP contribution in [0, 0.1) is 19.8 Å². The zero-order valence-electron chi connectivity index (χ0n) is 19.8. The molecule has 0 unspecified atom stereocenters. The number of piperidine rings is 1. The van der Waals surface area contributed by atoms with Gasteiger partial charge in [-0.1, -0.05) is 36.4 Å². The summed E-state index contributed by atoms with van der Waals surface area (Å²) < 4.78 is 30.4. The first-order valence-corrected chi connectivity index (χ1v) is 13.3. The van der Waals surface area contributed by atoms with Crippen LogP contribution in [0.4, 0.5) is 5.69 Å². The summed E-state index contributed by atoms with van der Waals surface area (Å²) in [6.45, 7) is 6.27. The second-order valence-corrected chi connectivity index (χ2v) is 11.2. The van der Waals surface area contributed by atoms with Gasteiger partial charge in [0.2, 0.25) is 15.9 Å². The number of nitrogens with zero attached hydrogens (tertiary/aromatic N) is 4. The molecule has 5 rings (SSSR count). The number of carbonyl (C=O) groups excluding carboxylic acids is 1. The van der Waals surface area contributed by atoms with Crippen LogP contribution < -0.4 is 4.90 Å². The Hall–Kier alpha value is -2.97. The molecule has 0 spiro atoms. The maximum atomic E-state index is 13.6. The van der Waals surface area contributed by atoms with Crippen LogP contribution in [0.5, 0.6) is 0 Å². The number of aromatic nitrogens is 2. The normalized spacial score (nSPS) is 19.4. The highest BCUT2D eigenvalue weighted by Gasteiger charge is 2.39. The molecular formula is C26H30N4O3S. The third-order valence-corrected chi connectivity index (χ3v) is 9.22. The number of para-hydroxylation sites is 2. The molecule has 34 heavy (non-hydrogen) atoms. The Morgan fingerprint density at radius 3 is 2.32 bits per heavy atom. The third kappa shape index (κ3) is 3.75. The van der Waals surface area contributed by atoms with E-state index in [2.05, 4.69) is 18.1 Å². The van der Waals surface area contributed by atoms with E-state index >= 15 is 0 Å². The lowest BCUT2D eigenvalue weighted by atomic mass is 9.96. The predicted molar refractivity (Wildman–Crippen MR) is 132 cm³/mol. The minimum atomic E-state index is -3.71. The van der Waals surface area contributed by atoms with E-state index in [-0.39, 0.29) is 22.8 Å². The largest absolute Gasteiger partial charge is 0.309 e. The lowest BCUT2D eigenvalue weighted by molar-refractivity contribution is -0.123. The summed E-state index contributed by atoms with van der Waals surface area (Å²) in [6, 6.07) is 17.7. The van der Waals surface area contributed by atoms with E-state index in [9.17, 15) is 13.2 Å². The number of sulfonamides is 1. The highest BCUT2D eigenvalue weighted by Crippen LogP contribution is 2.35. The number of rotatable bonds is 4. The SMILES string of the molecule is Cc1nn(-c2ccccc2)c(C)c1S(=O)(=O)N1CCC(C(=O)N2c3ccccc3C[C@H]2C)CC1. The van der Waals surface area contributed by atoms with Gasteiger partial charge in [0, 0.05) is 30.7 Å². The molecule has 3 aromatic rings. The summed E-state index contributed by atoms with van der Waals surface area (Å²) >= 11 is 0. The van der Waals surface area contributed by atoms with E-state index < -0.39 is 10.0 Å². The Morgan fingerprint density at radius 2 is 1.62 bits per heavy atom. The van der Waals surface area contributed by atoms with Crippen LogP contribution in [-0.2, 0) is 21.2 Å². The van der Waals surface area contributed by atoms with Gasteiger partial charge in [0.1, 0.15) is 4.90 Å². The summed E-state index contributed by atoms with van der Waals surface area (Å²) in [5.41, 5.74) is 4.11. The van der Waals surface area contributed by atoms with Crippen LogP contribution in [0.3, 0.4) is 0 Å². The molecule has 3 heterocycles. The second kappa shape index (κ2) is 8.67. The fraction of sp³-hybridized carbons (Fsp3) is 0.385. The van der Waals surface area contributed by atoms with E-state index in [1.165, 1.54) is 9.87 Å². The fourth-order valence-corrected chi connectivity index (χ4v) is 7.22. The Balaban J connectivity index is 1.33. The molecule has 0 saturated carbocycles. The van der Waals surface area contributed by atoms with E-state index in [0.717, 1.165) is 17.8 Å². The summed E-state index contributed by atoms with van der Waals surface area (Å²) in [5.74, 6) is -0.0620. The number of hydrogen-bond donors (Lipinski definition) is 0. The zero-order chi connectivity index (χ0) is 24.0. The molecule has 2 aromatic carbocycles. The van der Waals surface area contributed by atoms with Gasteiger partial charge in [0.15, 0.2) is 0 Å². The molecule has 1 amide bonds. The minimum absolute atomic E-state index is 0.110. The van der Waals surface area contributed by atoms with Crippen molar-refractivity contribution in [3.63, 3.8) is 0 Å². The monoisotopic (exact) mass is 478 g/mol. The van der Waals surface area contributed by atoms with Crippen LogP contribution in [0.15, 0.2) is 59.5 Å². The van der Waals surface area contributed by atoms with E-state index in [4.69, 9.17) is 0 Å². The van der Waals surface area contributed by atoms with Crippen molar-refractivity contribution in [3.05, 3.63) is 71.5 Å². The van der Waals surface area contributed by atoms with Crippen molar-refractivity contribution in [3.8, 4) is 5.69 Å². The highest BCUT2D eigenvalue weighted by atomic mass is 32.2. The first kappa shape index (κ1) is 22.8. The Labute approximate surface area is 201 Å². The van der Waals surface area contributed by atoms with Gasteiger partial charge in [-0.25, -0.2) is 13.1 Å². The van der Waals surface area contributed by atoms with Gasteiger partial charge in [-0.2, -0.15) is 9.40 Å². The molecule has 0 N–H and O–H groups in total. The molecule has 1 saturated heterocycles. The average Bonchev–Trinajstić information content (AvgIpc) is 3.34. The third-order valence-electron chi connectivity index (χ3n) is 7.07. The van der Waals surface area contributed by atoms with Gasteiger partial charge < -0.3 is 4.90 Å². The van der Waals surface area contributed by atoms with Gasteiger partial charge in [0.05, 0.1) is 17.1 Å². The first-order chi connectivity index (χ1) is 16.3. The number of benzene rings is 2. The number of hydrogen-bond acceptors (Lipinski definition) is 4. The van der Waals surface area contributed by atoms with E-state index in [0.29, 0.717) is 37.3 Å². The minimum Gasteiger partial charge on any atom is -0.309 e. The number of fused-ring (bicyclic) bond motifs is 1. The van der Waals surface area contributed by atoms with Crippen molar-refractivity contribution >= 4 is 21.6 Å². The molecule has 1 fully saturated rings. The smallest absolute Gasteiger partial charge is 0.246 e. The number of carbonyl (C=O) groups is 1. The number of amides is 1. The van der Waals surface area contributed by atoms with Gasteiger partial charge in [-0.15, -0.1) is 0 Å². The topological polar surface area (TPSA) is 75.5 Å². The quantitative estimate of drug-likeness (QED) is 0.571. The van der Waals surface area contributed by atoms with Crippen molar-refractivity contribution < 1.29 is 13.2 Å². The van der Waals surface area contributed by atoms with Gasteiger partial charge >= 0.3 is 0 Å². The summed E-state index contributed by atoms with van der Waals surface area (Å²) in [7, 11) is -3.71. The number of aryl methyl sites for hydroxylation is 1. The maximum Gasteiger partial charge on any atom is 0.246 e. The Morgan fingerprint density at radius 1 is 0.971 bits per heavy atom. The molecule has 2 aliphatic heterocycles. The highest BCUT2D eigenvalue weighted by molar-refractivity contribution is 7.89. The van der Waals surface area contributed by atoms with Crippen LogP contribution in [-0.4, -0.2) is 47.5 Å². The van der Waals surface area contributed by atoms with E-state index in [1.54, 1.807) is 18.5 Å². The van der Waals surface area contributed by atoms with Crippen LogP contribution in [0.2, 0.25) is 0 Å². The molecule has 1 atom stereocenters. The van der Waals surface area contributed by atoms with Crippen LogP contribution in [0.1, 0.15) is 36.7 Å². The van der Waals surface area contributed by atoms with Gasteiger partial charge in [-0.3, -0.25) is 4.79 Å². The maximum absolute atomic E-state index is 13.6. The number of anilines is 1. The van der Waals surface area contributed by atoms with Crippen molar-refractivity contribution in [2.45, 2.75) is 51.0 Å². The Kier molecular flexibility index (Phi) is 5.81. The molecule has 0 bridgehead atoms. The Bertz CT molecular complexity index is 1330. The van der Waals surface area contributed by atoms with Crippen molar-refractivity contribution in [1.29, 1.82) is 0 Å². The lowest BCUT2D eigenvalue weighted by Crippen LogP contribution is -2.46. The molecule has 2 aliphatic rings. The molecule has 0 aliphatic carbocycles. The fourth-order valence-electron chi connectivity index (χ4n) is 5.39. The van der Waals surface area contributed by atoms with E-state index in [1.807, 2.05) is 53.4 Å². The van der Waals surface area contributed by atoms with Gasteiger partial charge in [0.25, 0.3) is 0 Å². The molecule has 7 nitrogen and oxygen atoms in total. The summed E-state index contributed by atoms with van der Waals surface area (Å²) in [6.07, 6.45) is 1.90. The van der Waals surface area contributed by atoms with Crippen LogP contribution >= 0.6 is 0 Å². The van der Waals surface area contributed by atoms with Gasteiger partial charge in [-0.05, 0) is 63.8 Å². The molecule has 1 aromatic heterocycles. The molecule has 8 heteroatoms. The molecule has 0 radical (unpaired) electrons. The first-order valence-electron chi connectivity index (χ1n) is 11.8. The van der Waals surface area contributed by atoms with Crippen LogP contribution in [0.25, 0.3) is 5.69 Å². The average molecular weight is 479 g/mol. The van der Waals surface area contributed by atoms with Crippen molar-refractivity contribution in [1.82, 2.24) is 14.1 Å². The predicted octanol–water partition coefficient (Wildman–Crippen LogP) is 3.87. The van der Waals surface area contributed by atoms with Crippen molar-refractivity contribution in [2.75, 3.05) is 18.0 Å². The zero-order valence-corrected chi connectivity index (χ0v) is 20.6.